The Kier molecular flexibility index (Phi) is 7.96. The molecule has 0 saturated heterocycles. The van der Waals surface area contributed by atoms with Gasteiger partial charge in [-0.3, -0.25) is 0 Å². The minimum Gasteiger partial charge on any atom is -0.488 e. The van der Waals surface area contributed by atoms with Crippen molar-refractivity contribution in [2.75, 3.05) is 20.2 Å². The Morgan fingerprint density at radius 1 is 1.31 bits per heavy atom. The number of halogens is 1. The molecular weight excluding hydrogens is 443 g/mol. The highest BCUT2D eigenvalue weighted by Crippen LogP contribution is 2.27. The SMILES string of the molecule is CCNC(=NCc1ccnc(OC)c1)NCC1Cc2ccccc2O1.I. The van der Waals surface area contributed by atoms with Crippen LogP contribution < -0.4 is 20.1 Å². The molecule has 2 aromatic rings. The van der Waals surface area contributed by atoms with E-state index in [1.54, 1.807) is 13.3 Å². The predicted molar refractivity (Wildman–Crippen MR) is 114 cm³/mol. The lowest BCUT2D eigenvalue weighted by molar-refractivity contribution is 0.235. The van der Waals surface area contributed by atoms with Gasteiger partial charge in [-0.1, -0.05) is 18.2 Å². The number of pyridine rings is 1. The molecule has 3 rings (SSSR count). The number of para-hydroxylation sites is 1. The molecule has 1 aliphatic rings. The Hall–Kier alpha value is -2.03. The highest BCUT2D eigenvalue weighted by molar-refractivity contribution is 14.0. The summed E-state index contributed by atoms with van der Waals surface area (Å²) in [5.74, 6) is 2.36. The Morgan fingerprint density at radius 3 is 2.92 bits per heavy atom. The van der Waals surface area contributed by atoms with Gasteiger partial charge in [0.2, 0.25) is 5.88 Å². The van der Waals surface area contributed by atoms with E-state index in [0.29, 0.717) is 19.0 Å². The molecule has 1 aromatic heterocycles. The molecule has 1 aromatic carbocycles. The van der Waals surface area contributed by atoms with Crippen LogP contribution in [0.15, 0.2) is 47.6 Å². The van der Waals surface area contributed by atoms with E-state index in [1.165, 1.54) is 5.56 Å². The zero-order valence-electron chi connectivity index (χ0n) is 15.1. The van der Waals surface area contributed by atoms with Crippen molar-refractivity contribution in [3.05, 3.63) is 53.7 Å². The zero-order chi connectivity index (χ0) is 17.5. The molecule has 6 nitrogen and oxygen atoms in total. The number of benzene rings is 1. The molecule has 1 unspecified atom stereocenters. The third kappa shape index (κ3) is 5.48. The van der Waals surface area contributed by atoms with Gasteiger partial charge in [-0.2, -0.15) is 0 Å². The number of nitrogens with one attached hydrogen (secondary N) is 2. The Bertz CT molecular complexity index is 714. The third-order valence-electron chi connectivity index (χ3n) is 3.98. The summed E-state index contributed by atoms with van der Waals surface area (Å²) in [4.78, 5) is 8.74. The molecule has 0 radical (unpaired) electrons. The summed E-state index contributed by atoms with van der Waals surface area (Å²) in [5.41, 5.74) is 2.31. The molecule has 140 valence electrons. The molecule has 0 aliphatic carbocycles. The third-order valence-corrected chi connectivity index (χ3v) is 3.98. The van der Waals surface area contributed by atoms with Crippen molar-refractivity contribution >= 4 is 29.9 Å². The number of aromatic nitrogens is 1. The van der Waals surface area contributed by atoms with Crippen molar-refractivity contribution in [1.82, 2.24) is 15.6 Å². The Morgan fingerprint density at radius 2 is 2.15 bits per heavy atom. The van der Waals surface area contributed by atoms with Crippen LogP contribution in [0.4, 0.5) is 0 Å². The second-order valence-corrected chi connectivity index (χ2v) is 5.83. The fourth-order valence-corrected chi connectivity index (χ4v) is 2.75. The smallest absolute Gasteiger partial charge is 0.213 e. The quantitative estimate of drug-likeness (QED) is 0.388. The van der Waals surface area contributed by atoms with Crippen molar-refractivity contribution in [2.45, 2.75) is 26.0 Å². The molecule has 7 heteroatoms. The molecule has 26 heavy (non-hydrogen) atoms. The molecule has 0 fully saturated rings. The predicted octanol–water partition coefficient (Wildman–Crippen LogP) is 2.77. The lowest BCUT2D eigenvalue weighted by atomic mass is 10.1. The van der Waals surface area contributed by atoms with Crippen molar-refractivity contribution in [1.29, 1.82) is 0 Å². The van der Waals surface area contributed by atoms with E-state index in [-0.39, 0.29) is 30.1 Å². The van der Waals surface area contributed by atoms with Gasteiger partial charge in [-0.15, -0.1) is 24.0 Å². The van der Waals surface area contributed by atoms with Gasteiger partial charge in [-0.25, -0.2) is 9.98 Å². The zero-order valence-corrected chi connectivity index (χ0v) is 17.4. The number of hydrogen-bond donors (Lipinski definition) is 2. The Balaban J connectivity index is 0.00000243. The lowest BCUT2D eigenvalue weighted by Crippen LogP contribution is -2.42. The molecule has 1 atom stereocenters. The fraction of sp³-hybridized carbons (Fsp3) is 0.368. The maximum Gasteiger partial charge on any atom is 0.213 e. The van der Waals surface area contributed by atoms with Crippen LogP contribution >= 0.6 is 24.0 Å². The van der Waals surface area contributed by atoms with E-state index >= 15 is 0 Å². The summed E-state index contributed by atoms with van der Waals surface area (Å²) < 4.78 is 11.1. The topological polar surface area (TPSA) is 67.8 Å². The maximum absolute atomic E-state index is 5.96. The van der Waals surface area contributed by atoms with Crippen LogP contribution in [0.1, 0.15) is 18.1 Å². The normalized spacial score (nSPS) is 15.5. The van der Waals surface area contributed by atoms with Gasteiger partial charge < -0.3 is 20.1 Å². The highest BCUT2D eigenvalue weighted by Gasteiger charge is 2.22. The van der Waals surface area contributed by atoms with E-state index in [2.05, 4.69) is 33.6 Å². The van der Waals surface area contributed by atoms with E-state index in [9.17, 15) is 0 Å². The minimum atomic E-state index is 0. The monoisotopic (exact) mass is 468 g/mol. The number of rotatable bonds is 6. The summed E-state index contributed by atoms with van der Waals surface area (Å²) in [6.45, 7) is 4.12. The van der Waals surface area contributed by atoms with Gasteiger partial charge in [-0.05, 0) is 30.2 Å². The fourth-order valence-electron chi connectivity index (χ4n) is 2.75. The first-order chi connectivity index (χ1) is 12.3. The van der Waals surface area contributed by atoms with Crippen molar-refractivity contribution in [2.24, 2.45) is 4.99 Å². The van der Waals surface area contributed by atoms with Gasteiger partial charge in [0.05, 0.1) is 20.2 Å². The summed E-state index contributed by atoms with van der Waals surface area (Å²) >= 11 is 0. The van der Waals surface area contributed by atoms with Crippen LogP contribution in [0.2, 0.25) is 0 Å². The van der Waals surface area contributed by atoms with Crippen LogP contribution in [-0.4, -0.2) is 37.2 Å². The number of guanidine groups is 1. The van der Waals surface area contributed by atoms with Crippen molar-refractivity contribution in [3.8, 4) is 11.6 Å². The van der Waals surface area contributed by atoms with Crippen LogP contribution in [0.25, 0.3) is 0 Å². The number of hydrogen-bond acceptors (Lipinski definition) is 4. The Labute approximate surface area is 171 Å². The molecule has 0 amide bonds. The summed E-state index contributed by atoms with van der Waals surface area (Å²) in [7, 11) is 1.61. The first-order valence-electron chi connectivity index (χ1n) is 8.54. The van der Waals surface area contributed by atoms with E-state index in [1.807, 2.05) is 30.3 Å². The molecule has 0 spiro atoms. The number of nitrogens with zero attached hydrogens (tertiary/aromatic N) is 2. The van der Waals surface area contributed by atoms with Gasteiger partial charge in [0, 0.05) is 25.2 Å². The van der Waals surface area contributed by atoms with E-state index in [4.69, 9.17) is 9.47 Å². The second-order valence-electron chi connectivity index (χ2n) is 5.83. The first kappa shape index (κ1) is 20.3. The number of aliphatic imine (C=N–C) groups is 1. The minimum absolute atomic E-state index is 0. The first-order valence-corrected chi connectivity index (χ1v) is 8.54. The number of methoxy groups -OCH3 is 1. The van der Waals surface area contributed by atoms with E-state index < -0.39 is 0 Å². The average molecular weight is 468 g/mol. The second kappa shape index (κ2) is 10.2. The maximum atomic E-state index is 5.96. The number of fused-ring (bicyclic) bond motifs is 1. The standard InChI is InChI=1S/C19H24N4O2.HI/c1-3-20-19(22-12-14-8-9-21-18(10-14)24-2)23-13-16-11-15-6-4-5-7-17(15)25-16;/h4-10,16H,3,11-13H2,1-2H3,(H2,20,22,23);1H. The summed E-state index contributed by atoms with van der Waals surface area (Å²) in [5, 5.41) is 6.63. The van der Waals surface area contributed by atoms with Crippen LogP contribution in [0.3, 0.4) is 0 Å². The molecule has 2 N–H and O–H groups in total. The summed E-state index contributed by atoms with van der Waals surface area (Å²) in [6, 6.07) is 12.0. The van der Waals surface area contributed by atoms with Crippen molar-refractivity contribution < 1.29 is 9.47 Å². The molecule has 1 aliphatic heterocycles. The van der Waals surface area contributed by atoms with E-state index in [0.717, 1.165) is 30.2 Å². The molecule has 0 bridgehead atoms. The van der Waals surface area contributed by atoms with Gasteiger partial charge >= 0.3 is 0 Å². The largest absolute Gasteiger partial charge is 0.488 e. The van der Waals surface area contributed by atoms with Crippen LogP contribution in [-0.2, 0) is 13.0 Å². The van der Waals surface area contributed by atoms with Gasteiger partial charge in [0.15, 0.2) is 5.96 Å². The lowest BCUT2D eigenvalue weighted by Gasteiger charge is -2.15. The van der Waals surface area contributed by atoms with Gasteiger partial charge in [0.1, 0.15) is 11.9 Å². The average Bonchev–Trinajstić information content (AvgIpc) is 3.07. The highest BCUT2D eigenvalue weighted by atomic mass is 127. The van der Waals surface area contributed by atoms with Crippen LogP contribution in [0.5, 0.6) is 11.6 Å². The van der Waals surface area contributed by atoms with Crippen molar-refractivity contribution in [3.63, 3.8) is 0 Å². The molecular formula is C19H25IN4O2. The molecule has 0 saturated carbocycles. The summed E-state index contributed by atoms with van der Waals surface area (Å²) in [6.07, 6.45) is 2.78. The van der Waals surface area contributed by atoms with Gasteiger partial charge in [0.25, 0.3) is 0 Å². The molecule has 2 heterocycles. The number of ether oxygens (including phenoxy) is 2. The van der Waals surface area contributed by atoms with Crippen LogP contribution in [0, 0.1) is 0 Å².